The Bertz CT molecular complexity index is 739. The Morgan fingerprint density at radius 1 is 1.28 bits per heavy atom. The lowest BCUT2D eigenvalue weighted by Gasteiger charge is -2.29. The van der Waals surface area contributed by atoms with Gasteiger partial charge in [0.1, 0.15) is 0 Å². The maximum atomic E-state index is 13.2. The molecule has 0 radical (unpaired) electrons. The second-order valence-electron chi connectivity index (χ2n) is 6.06. The molecule has 7 nitrogen and oxygen atoms in total. The summed E-state index contributed by atoms with van der Waals surface area (Å²) in [6.07, 6.45) is -5.06. The van der Waals surface area contributed by atoms with Crippen LogP contribution in [0.5, 0.6) is 0 Å². The summed E-state index contributed by atoms with van der Waals surface area (Å²) in [6.45, 7) is 3.35. The Kier molecular flexibility index (Phi) is 7.40. The Labute approximate surface area is 149 Å². The molecule has 25 heavy (non-hydrogen) atoms. The average molecular weight is 406 g/mol. The zero-order chi connectivity index (χ0) is 18.9. The zero-order valence-corrected chi connectivity index (χ0v) is 15.3. The van der Waals surface area contributed by atoms with E-state index in [1.807, 2.05) is 0 Å². The van der Waals surface area contributed by atoms with E-state index in [2.05, 4.69) is 0 Å². The van der Waals surface area contributed by atoms with Crippen LogP contribution in [0.3, 0.4) is 0 Å². The van der Waals surface area contributed by atoms with Gasteiger partial charge in [0.05, 0.1) is 15.4 Å². The molecule has 0 aliphatic rings. The lowest BCUT2D eigenvalue weighted by Crippen LogP contribution is -2.40. The number of nitrogens with two attached hydrogens (primary N) is 1. The molecule has 0 saturated heterocycles. The van der Waals surface area contributed by atoms with Crippen LogP contribution in [0, 0.1) is 15.5 Å². The van der Waals surface area contributed by atoms with E-state index in [0.717, 1.165) is 17.4 Å². The van der Waals surface area contributed by atoms with Gasteiger partial charge in [-0.3, -0.25) is 10.1 Å². The van der Waals surface area contributed by atoms with E-state index in [0.29, 0.717) is 6.07 Å². The van der Waals surface area contributed by atoms with Crippen molar-refractivity contribution >= 4 is 28.1 Å². The lowest BCUT2D eigenvalue weighted by molar-refractivity contribution is -0.385. The first-order valence-corrected chi connectivity index (χ1v) is 8.18. The molecule has 1 rings (SSSR count). The first-order chi connectivity index (χ1) is 10.7. The van der Waals surface area contributed by atoms with Crippen molar-refractivity contribution in [2.75, 3.05) is 20.1 Å². The topological polar surface area (TPSA) is 107 Å². The van der Waals surface area contributed by atoms with Crippen LogP contribution in [0.2, 0.25) is 0 Å². The lowest BCUT2D eigenvalue weighted by atomic mass is 9.94. The Balaban J connectivity index is 0.00000576. The SMILES string of the molecule is CN(CC(C)(C)CN)S(=O)(=O)c1ccc([N+](=O)[O-])cc1C(F)(F)F.Cl. The van der Waals surface area contributed by atoms with Crippen molar-refractivity contribution in [3.05, 3.63) is 33.9 Å². The summed E-state index contributed by atoms with van der Waals surface area (Å²) in [5.41, 5.74) is 2.44. The highest BCUT2D eigenvalue weighted by atomic mass is 35.5. The minimum atomic E-state index is -5.06. The van der Waals surface area contributed by atoms with Gasteiger partial charge in [0, 0.05) is 25.7 Å². The molecule has 0 aliphatic heterocycles. The fourth-order valence-electron chi connectivity index (χ4n) is 2.00. The second-order valence-corrected chi connectivity index (χ2v) is 8.08. The van der Waals surface area contributed by atoms with Crippen LogP contribution in [0.25, 0.3) is 0 Å². The average Bonchev–Trinajstić information content (AvgIpc) is 2.45. The van der Waals surface area contributed by atoms with Gasteiger partial charge in [-0.2, -0.15) is 13.2 Å². The number of nitro benzene ring substituents is 1. The number of halogens is 4. The molecule has 144 valence electrons. The molecule has 0 bridgehead atoms. The monoisotopic (exact) mass is 405 g/mol. The molecule has 0 aromatic heterocycles. The molecule has 0 unspecified atom stereocenters. The molecular weight excluding hydrogens is 387 g/mol. The number of benzene rings is 1. The molecule has 2 N–H and O–H groups in total. The highest BCUT2D eigenvalue weighted by Crippen LogP contribution is 2.37. The van der Waals surface area contributed by atoms with Crippen LogP contribution < -0.4 is 5.73 Å². The van der Waals surface area contributed by atoms with Gasteiger partial charge in [0.15, 0.2) is 0 Å². The fraction of sp³-hybridized carbons (Fsp3) is 0.538. The maximum Gasteiger partial charge on any atom is 0.417 e. The van der Waals surface area contributed by atoms with E-state index in [-0.39, 0.29) is 31.6 Å². The van der Waals surface area contributed by atoms with Crippen LogP contribution >= 0.6 is 12.4 Å². The van der Waals surface area contributed by atoms with Gasteiger partial charge in [-0.05, 0) is 18.0 Å². The van der Waals surface area contributed by atoms with Gasteiger partial charge in [0.2, 0.25) is 10.0 Å². The third-order valence-corrected chi connectivity index (χ3v) is 5.23. The standard InChI is InChI=1S/C13H18F3N3O4S.ClH/c1-12(2,7-17)8-18(3)24(22,23)11-5-4-9(19(20)21)6-10(11)13(14,15)16;/h4-6H,7-8,17H2,1-3H3;1H. The summed E-state index contributed by atoms with van der Waals surface area (Å²) >= 11 is 0. The summed E-state index contributed by atoms with van der Waals surface area (Å²) in [5.74, 6) is 0. The van der Waals surface area contributed by atoms with Crippen molar-refractivity contribution < 1.29 is 26.5 Å². The third kappa shape index (κ3) is 5.53. The van der Waals surface area contributed by atoms with Crippen molar-refractivity contribution in [3.63, 3.8) is 0 Å². The van der Waals surface area contributed by atoms with Crippen molar-refractivity contribution in [3.8, 4) is 0 Å². The molecule has 0 heterocycles. The molecule has 12 heteroatoms. The highest BCUT2D eigenvalue weighted by molar-refractivity contribution is 7.89. The summed E-state index contributed by atoms with van der Waals surface area (Å²) in [7, 11) is -3.37. The van der Waals surface area contributed by atoms with Crippen molar-refractivity contribution in [1.29, 1.82) is 0 Å². The Morgan fingerprint density at radius 2 is 1.80 bits per heavy atom. The molecule has 0 amide bonds. The molecule has 0 aliphatic carbocycles. The van der Waals surface area contributed by atoms with Crippen LogP contribution in [0.1, 0.15) is 19.4 Å². The highest BCUT2D eigenvalue weighted by Gasteiger charge is 2.40. The van der Waals surface area contributed by atoms with E-state index in [4.69, 9.17) is 5.73 Å². The number of nitro groups is 1. The summed E-state index contributed by atoms with van der Waals surface area (Å²) in [6, 6.07) is 1.54. The number of rotatable bonds is 6. The molecule has 0 atom stereocenters. The predicted octanol–water partition coefficient (Wildman–Crippen LogP) is 2.64. The number of sulfonamides is 1. The van der Waals surface area contributed by atoms with Gasteiger partial charge in [-0.15, -0.1) is 12.4 Å². The number of nitrogens with zero attached hydrogens (tertiary/aromatic N) is 2. The fourth-order valence-corrected chi connectivity index (χ4v) is 3.55. The van der Waals surface area contributed by atoms with E-state index in [1.54, 1.807) is 13.8 Å². The van der Waals surface area contributed by atoms with Crippen LogP contribution in [-0.4, -0.2) is 37.8 Å². The number of alkyl halides is 3. The van der Waals surface area contributed by atoms with E-state index < -0.39 is 42.7 Å². The first-order valence-electron chi connectivity index (χ1n) is 6.74. The summed E-state index contributed by atoms with van der Waals surface area (Å²) < 4.78 is 65.2. The molecule has 1 aromatic carbocycles. The first kappa shape index (κ1) is 23.6. The van der Waals surface area contributed by atoms with E-state index in [1.165, 1.54) is 0 Å². The maximum absolute atomic E-state index is 13.2. The Morgan fingerprint density at radius 3 is 2.20 bits per heavy atom. The quantitative estimate of drug-likeness (QED) is 0.578. The summed E-state index contributed by atoms with van der Waals surface area (Å²) in [5, 5.41) is 10.7. The number of non-ortho nitro benzene ring substituents is 1. The molecule has 0 fully saturated rings. The van der Waals surface area contributed by atoms with E-state index >= 15 is 0 Å². The van der Waals surface area contributed by atoms with Crippen LogP contribution in [0.15, 0.2) is 23.1 Å². The molecule has 0 spiro atoms. The van der Waals surface area contributed by atoms with Gasteiger partial charge in [0.25, 0.3) is 5.69 Å². The Hall–Kier alpha value is -1.43. The smallest absolute Gasteiger partial charge is 0.330 e. The molecular formula is C13H19ClF3N3O4S. The van der Waals surface area contributed by atoms with Crippen molar-refractivity contribution in [2.45, 2.75) is 24.9 Å². The van der Waals surface area contributed by atoms with Gasteiger partial charge < -0.3 is 5.73 Å². The van der Waals surface area contributed by atoms with Crippen molar-refractivity contribution in [2.24, 2.45) is 11.1 Å². The zero-order valence-electron chi connectivity index (χ0n) is 13.7. The minimum Gasteiger partial charge on any atom is -0.330 e. The van der Waals surface area contributed by atoms with Crippen LogP contribution in [-0.2, 0) is 16.2 Å². The summed E-state index contributed by atoms with van der Waals surface area (Å²) in [4.78, 5) is 8.61. The van der Waals surface area contributed by atoms with Gasteiger partial charge >= 0.3 is 6.18 Å². The third-order valence-electron chi connectivity index (χ3n) is 3.37. The van der Waals surface area contributed by atoms with Crippen molar-refractivity contribution in [1.82, 2.24) is 4.31 Å². The second kappa shape index (κ2) is 7.85. The van der Waals surface area contributed by atoms with Gasteiger partial charge in [-0.25, -0.2) is 12.7 Å². The largest absolute Gasteiger partial charge is 0.417 e. The van der Waals surface area contributed by atoms with E-state index in [9.17, 15) is 31.7 Å². The normalized spacial score (nSPS) is 12.8. The number of hydrogen-bond acceptors (Lipinski definition) is 5. The molecule has 0 saturated carbocycles. The van der Waals surface area contributed by atoms with Gasteiger partial charge in [-0.1, -0.05) is 13.8 Å². The minimum absolute atomic E-state index is 0. The predicted molar refractivity (Wildman–Crippen MR) is 88.0 cm³/mol. The number of hydrogen-bond donors (Lipinski definition) is 1. The van der Waals surface area contributed by atoms with Crippen LogP contribution in [0.4, 0.5) is 18.9 Å². The molecule has 1 aromatic rings.